The number of nitrogens with zero attached hydrogens (tertiary/aromatic N) is 1. The van der Waals surface area contributed by atoms with Crippen LogP contribution in [0, 0.1) is 35.5 Å². The maximum absolute atomic E-state index is 14.5. The van der Waals surface area contributed by atoms with Crippen LogP contribution >= 0.6 is 7.60 Å². The Morgan fingerprint density at radius 1 is 0.847 bits per heavy atom. The SMILES string of the molecule is CO[C@H]1C[C@@H]2CC[C@@H](C)[C@@](O)(O2)C(=O)C(=O)N2CCCC[C@H]2C(=O)OC([C@H](C)C[C@@H]2CC[C@@H](OP(C)(=O)OC(C)C)[C@H](OC)C2)CC(=O)[C@H](C)/C=C(\C)[C@@H](O)[C@@H](OC)C(=O)[C@H](C)C[C@H](C)/C=C/C=CC=C1C. The van der Waals surface area contributed by atoms with Crippen LogP contribution < -0.4 is 0 Å². The molecule has 16 nitrogen and oxygen atoms in total. The highest BCUT2D eigenvalue weighted by Gasteiger charge is 2.53. The van der Waals surface area contributed by atoms with E-state index in [1.807, 2.05) is 58.1 Å². The predicted octanol–water partition coefficient (Wildman–Crippen LogP) is 8.45. The highest BCUT2D eigenvalue weighted by molar-refractivity contribution is 7.53. The van der Waals surface area contributed by atoms with Gasteiger partial charge in [0.25, 0.3) is 11.7 Å². The number of methoxy groups -OCH3 is 3. The summed E-state index contributed by atoms with van der Waals surface area (Å²) in [5, 5.41) is 23.5. The molecule has 3 fully saturated rings. The van der Waals surface area contributed by atoms with Crippen molar-refractivity contribution >= 4 is 36.8 Å². The smallest absolute Gasteiger partial charge is 0.329 e. The van der Waals surface area contributed by atoms with Crippen molar-refractivity contribution in [1.29, 1.82) is 0 Å². The normalized spacial score (nSPS) is 37.5. The van der Waals surface area contributed by atoms with E-state index in [1.165, 1.54) is 18.7 Å². The number of cyclic esters (lactones) is 1. The average molecular weight is 1030 g/mol. The Labute approximate surface area is 429 Å². The van der Waals surface area contributed by atoms with Crippen LogP contribution in [0.1, 0.15) is 139 Å². The van der Waals surface area contributed by atoms with Gasteiger partial charge in [0, 0.05) is 65.1 Å². The standard InChI is InChI=1S/C55H88NO15P/c1-33(2)70-72(13,64)71-45-25-23-41(30-48(45)66-11)29-37(6)47-32-44(57)36(5)28-39(8)50(59)51(67-12)49(58)38(7)27-34(3)19-15-14-16-20-35(4)46(65-10)31-42-24-22-40(9)55(63,69-42)52(60)53(61)56-26-18-17-21-43(56)54(62)68-47/h14-16,19-20,28,33-34,36-38,40-43,45-48,50-51,59,63H,17-18,21-27,29-32H2,1-13H3/b16-14?,19-15+,35-20?,39-28+/t34-,36-,37-,38-,40-,41+,42+,43+,45-,46+,47?,48-,50-,51+,55-,72?/m1/s1. The first-order valence-corrected chi connectivity index (χ1v) is 28.3. The molecule has 2 unspecified atom stereocenters. The van der Waals surface area contributed by atoms with E-state index in [0.717, 1.165) is 5.57 Å². The molecule has 72 heavy (non-hydrogen) atoms. The number of carbonyl (C=O) groups is 5. The van der Waals surface area contributed by atoms with E-state index in [4.69, 9.17) is 32.7 Å². The number of ketones is 3. The quantitative estimate of drug-likeness (QED) is 0.0910. The number of esters is 1. The summed E-state index contributed by atoms with van der Waals surface area (Å²) < 4.78 is 54.6. The average Bonchev–Trinajstić information content (AvgIpc) is 3.32. The summed E-state index contributed by atoms with van der Waals surface area (Å²) in [4.78, 5) is 72.5. The number of hydrogen-bond acceptors (Lipinski definition) is 15. The number of piperidine rings is 1. The number of allylic oxidation sites excluding steroid dienone is 6. The van der Waals surface area contributed by atoms with Gasteiger partial charge in [0.15, 0.2) is 5.78 Å². The maximum Gasteiger partial charge on any atom is 0.329 e. The van der Waals surface area contributed by atoms with E-state index < -0.39 is 103 Å². The molecular weight excluding hydrogens is 946 g/mol. The van der Waals surface area contributed by atoms with E-state index >= 15 is 0 Å². The van der Waals surface area contributed by atoms with Crippen LogP contribution in [0.5, 0.6) is 0 Å². The second-order valence-corrected chi connectivity index (χ2v) is 23.6. The molecule has 0 spiro atoms. The molecule has 3 heterocycles. The lowest BCUT2D eigenvalue weighted by molar-refractivity contribution is -0.265. The Morgan fingerprint density at radius 3 is 2.21 bits per heavy atom. The minimum atomic E-state index is -3.37. The lowest BCUT2D eigenvalue weighted by Crippen LogP contribution is -2.61. The molecule has 408 valence electrons. The van der Waals surface area contributed by atoms with Crippen LogP contribution in [0.25, 0.3) is 0 Å². The number of aliphatic hydroxyl groups is 2. The number of aliphatic hydroxyl groups excluding tert-OH is 1. The molecule has 2 bridgehead atoms. The Kier molecular flexibility index (Phi) is 23.9. The largest absolute Gasteiger partial charge is 0.460 e. The Hall–Kier alpha value is -3.18. The minimum absolute atomic E-state index is 0.00576. The molecule has 17 heteroatoms. The van der Waals surface area contributed by atoms with E-state index in [0.29, 0.717) is 69.8 Å². The van der Waals surface area contributed by atoms with Crippen molar-refractivity contribution in [2.45, 2.75) is 200 Å². The summed E-state index contributed by atoms with van der Waals surface area (Å²) in [6.07, 6.45) is 10.5. The van der Waals surface area contributed by atoms with E-state index in [-0.39, 0.29) is 48.9 Å². The first-order chi connectivity index (χ1) is 33.9. The van der Waals surface area contributed by atoms with Gasteiger partial charge in [0.05, 0.1) is 30.5 Å². The van der Waals surface area contributed by atoms with E-state index in [1.54, 1.807) is 54.9 Å². The molecular formula is C55H88NO15P. The number of fused-ring (bicyclic) bond motifs is 3. The van der Waals surface area contributed by atoms with Crippen molar-refractivity contribution in [2.24, 2.45) is 35.5 Å². The number of carbonyl (C=O) groups excluding carboxylic acids is 5. The Morgan fingerprint density at radius 2 is 1.56 bits per heavy atom. The molecule has 0 aromatic carbocycles. The summed E-state index contributed by atoms with van der Waals surface area (Å²) in [5.74, 6) is -8.28. The van der Waals surface area contributed by atoms with Gasteiger partial charge in [-0.2, -0.15) is 0 Å². The van der Waals surface area contributed by atoms with Gasteiger partial charge < -0.3 is 47.8 Å². The lowest BCUT2D eigenvalue weighted by atomic mass is 9.78. The van der Waals surface area contributed by atoms with Crippen LogP contribution in [0.4, 0.5) is 0 Å². The third-order valence-corrected chi connectivity index (χ3v) is 16.6. The highest BCUT2D eigenvalue weighted by Crippen LogP contribution is 2.49. The van der Waals surface area contributed by atoms with Crippen molar-refractivity contribution in [3.05, 3.63) is 47.6 Å². The molecule has 3 aliphatic heterocycles. The van der Waals surface area contributed by atoms with Gasteiger partial charge in [0.1, 0.15) is 30.1 Å². The predicted molar refractivity (Wildman–Crippen MR) is 274 cm³/mol. The van der Waals surface area contributed by atoms with Crippen molar-refractivity contribution in [1.82, 2.24) is 4.90 Å². The van der Waals surface area contributed by atoms with Gasteiger partial charge in [-0.1, -0.05) is 71.1 Å². The lowest BCUT2D eigenvalue weighted by Gasteiger charge is -2.42. The molecule has 4 rings (SSSR count). The molecule has 0 aromatic heterocycles. The number of Topliss-reactive ketones (excluding diaryl/α,β-unsaturated/α-hetero) is 3. The molecule has 1 amide bonds. The second kappa shape index (κ2) is 28.1. The summed E-state index contributed by atoms with van der Waals surface area (Å²) in [6, 6.07) is -1.17. The monoisotopic (exact) mass is 1030 g/mol. The van der Waals surface area contributed by atoms with Crippen molar-refractivity contribution in [3.63, 3.8) is 0 Å². The third kappa shape index (κ3) is 16.9. The van der Waals surface area contributed by atoms with Gasteiger partial charge in [-0.15, -0.1) is 0 Å². The summed E-state index contributed by atoms with van der Waals surface area (Å²) in [5.41, 5.74) is 1.24. The first-order valence-electron chi connectivity index (χ1n) is 26.3. The van der Waals surface area contributed by atoms with Crippen LogP contribution in [-0.2, 0) is 61.3 Å². The fourth-order valence-electron chi connectivity index (χ4n) is 10.9. The molecule has 16 atom stereocenters. The zero-order valence-corrected chi connectivity index (χ0v) is 46.3. The van der Waals surface area contributed by atoms with Crippen LogP contribution in [0.2, 0.25) is 0 Å². The van der Waals surface area contributed by atoms with Crippen molar-refractivity contribution < 1.29 is 71.5 Å². The third-order valence-electron chi connectivity index (χ3n) is 15.2. The zero-order valence-electron chi connectivity index (χ0n) is 45.4. The van der Waals surface area contributed by atoms with Crippen LogP contribution in [0.15, 0.2) is 47.6 Å². The highest BCUT2D eigenvalue weighted by atomic mass is 31.2. The zero-order chi connectivity index (χ0) is 53.7. The van der Waals surface area contributed by atoms with Crippen molar-refractivity contribution in [3.8, 4) is 0 Å². The first kappa shape index (κ1) is 61.4. The molecule has 4 aliphatic rings. The van der Waals surface area contributed by atoms with Gasteiger partial charge >= 0.3 is 13.6 Å². The number of ether oxygens (including phenoxy) is 5. The molecule has 1 aliphatic carbocycles. The fraction of sp³-hybridized carbons (Fsp3) is 0.764. The van der Waals surface area contributed by atoms with E-state index in [2.05, 4.69) is 0 Å². The molecule has 1 saturated carbocycles. The van der Waals surface area contributed by atoms with Gasteiger partial charge in [-0.05, 0) is 121 Å². The van der Waals surface area contributed by atoms with Gasteiger partial charge in [0.2, 0.25) is 5.79 Å². The van der Waals surface area contributed by atoms with Crippen molar-refractivity contribution in [2.75, 3.05) is 34.5 Å². The van der Waals surface area contributed by atoms with E-state index in [9.17, 15) is 38.8 Å². The summed E-state index contributed by atoms with van der Waals surface area (Å²) in [6.45, 7) is 17.7. The fourth-order valence-corrected chi connectivity index (χ4v) is 12.4. The molecule has 2 saturated heterocycles. The topological polar surface area (TPSA) is 211 Å². The molecule has 0 radical (unpaired) electrons. The molecule has 2 N–H and O–H groups in total. The number of rotatable bonds is 10. The summed E-state index contributed by atoms with van der Waals surface area (Å²) >= 11 is 0. The second-order valence-electron chi connectivity index (χ2n) is 21.6. The van der Waals surface area contributed by atoms with Crippen LogP contribution in [0.3, 0.4) is 0 Å². The maximum atomic E-state index is 14.5. The molecule has 0 aromatic rings. The minimum Gasteiger partial charge on any atom is -0.460 e. The number of hydrogen-bond donors (Lipinski definition) is 2. The van der Waals surface area contributed by atoms with Crippen LogP contribution in [-0.4, -0.2) is 140 Å². The Bertz CT molecular complexity index is 2020. The summed E-state index contributed by atoms with van der Waals surface area (Å²) in [7, 11) is 1.15. The Balaban J connectivity index is 1.70. The number of amides is 1. The van der Waals surface area contributed by atoms with Gasteiger partial charge in [-0.3, -0.25) is 23.7 Å². The van der Waals surface area contributed by atoms with Gasteiger partial charge in [-0.25, -0.2) is 4.79 Å².